The number of hydrogen-bond acceptors (Lipinski definition) is 7. The molecule has 0 aromatic heterocycles. The summed E-state index contributed by atoms with van der Waals surface area (Å²) in [5.74, 6) is -0.242. The molecule has 208 valence electrons. The first-order valence-corrected chi connectivity index (χ1v) is 13.7. The standard InChI is InChI=1S/C31H38N2O6/c1-3-5-19-39-26-9-6-8-24(22-26)29(34)27-28(23-10-12-25(13-11-23)38-18-4-2)33(31(36)30(27)35)15-7-14-32-16-20-37-21-17-32/h4,6,8-13,22,28,34H,2-3,5,7,14-21H2,1H3/b29-27+. The molecule has 2 saturated heterocycles. The fourth-order valence-electron chi connectivity index (χ4n) is 4.87. The summed E-state index contributed by atoms with van der Waals surface area (Å²) < 4.78 is 16.8. The molecule has 2 fully saturated rings. The molecule has 2 aromatic carbocycles. The molecule has 0 aliphatic carbocycles. The van der Waals surface area contributed by atoms with Crippen LogP contribution in [-0.2, 0) is 14.3 Å². The Hall–Kier alpha value is -3.62. The predicted molar refractivity (Wildman–Crippen MR) is 150 cm³/mol. The van der Waals surface area contributed by atoms with Crippen LogP contribution >= 0.6 is 0 Å². The first-order valence-electron chi connectivity index (χ1n) is 13.7. The van der Waals surface area contributed by atoms with Gasteiger partial charge in [0.05, 0.1) is 31.4 Å². The van der Waals surface area contributed by atoms with Crippen molar-refractivity contribution in [1.29, 1.82) is 0 Å². The number of aliphatic hydroxyl groups is 1. The molecule has 2 aromatic rings. The van der Waals surface area contributed by atoms with Crippen LogP contribution in [0.4, 0.5) is 0 Å². The van der Waals surface area contributed by atoms with Gasteiger partial charge >= 0.3 is 0 Å². The van der Waals surface area contributed by atoms with Gasteiger partial charge in [-0.15, -0.1) is 0 Å². The third-order valence-electron chi connectivity index (χ3n) is 6.95. The number of Topliss-reactive ketones (excluding diaryl/α,β-unsaturated/α-hetero) is 1. The van der Waals surface area contributed by atoms with Gasteiger partial charge in [-0.05, 0) is 42.7 Å². The Morgan fingerprint density at radius 2 is 1.82 bits per heavy atom. The number of ether oxygens (including phenoxy) is 3. The molecule has 0 spiro atoms. The van der Waals surface area contributed by atoms with Gasteiger partial charge in [0.1, 0.15) is 23.9 Å². The lowest BCUT2D eigenvalue weighted by atomic mass is 9.95. The fraction of sp³-hybridized carbons (Fsp3) is 0.419. The number of nitrogens with zero attached hydrogens (tertiary/aromatic N) is 2. The van der Waals surface area contributed by atoms with Crippen molar-refractivity contribution in [2.75, 3.05) is 52.6 Å². The molecular weight excluding hydrogens is 496 g/mol. The lowest BCUT2D eigenvalue weighted by Crippen LogP contribution is -2.38. The van der Waals surface area contributed by atoms with E-state index in [2.05, 4.69) is 18.4 Å². The summed E-state index contributed by atoms with van der Waals surface area (Å²) in [6.45, 7) is 11.0. The third-order valence-corrected chi connectivity index (χ3v) is 6.95. The second-order valence-electron chi connectivity index (χ2n) is 9.70. The van der Waals surface area contributed by atoms with Gasteiger partial charge in [0.2, 0.25) is 0 Å². The van der Waals surface area contributed by atoms with Crippen LogP contribution in [0.5, 0.6) is 11.5 Å². The Balaban J connectivity index is 1.64. The van der Waals surface area contributed by atoms with E-state index in [-0.39, 0.29) is 11.3 Å². The SMILES string of the molecule is C=CCOc1ccc(C2/C(=C(\O)c3cccc(OCCCC)c3)C(=O)C(=O)N2CCCN2CCOCC2)cc1. The van der Waals surface area contributed by atoms with Crippen LogP contribution in [0, 0.1) is 0 Å². The van der Waals surface area contributed by atoms with Crippen LogP contribution in [0.1, 0.15) is 43.4 Å². The molecule has 2 aliphatic rings. The summed E-state index contributed by atoms with van der Waals surface area (Å²) in [6.07, 6.45) is 4.28. The van der Waals surface area contributed by atoms with E-state index < -0.39 is 17.7 Å². The van der Waals surface area contributed by atoms with Crippen molar-refractivity contribution in [3.05, 3.63) is 77.9 Å². The van der Waals surface area contributed by atoms with E-state index in [9.17, 15) is 14.7 Å². The Kier molecular flexibility index (Phi) is 10.2. The molecule has 4 rings (SSSR count). The molecule has 1 unspecified atom stereocenters. The summed E-state index contributed by atoms with van der Waals surface area (Å²) in [6, 6.07) is 13.6. The van der Waals surface area contributed by atoms with Crippen molar-refractivity contribution < 1.29 is 28.9 Å². The van der Waals surface area contributed by atoms with Gasteiger partial charge < -0.3 is 24.2 Å². The van der Waals surface area contributed by atoms with Crippen molar-refractivity contribution >= 4 is 17.4 Å². The van der Waals surface area contributed by atoms with Crippen molar-refractivity contribution in [3.63, 3.8) is 0 Å². The summed E-state index contributed by atoms with van der Waals surface area (Å²) in [5, 5.41) is 11.4. The normalized spacial score (nSPS) is 19.3. The predicted octanol–water partition coefficient (Wildman–Crippen LogP) is 4.57. The van der Waals surface area contributed by atoms with E-state index in [0.717, 1.165) is 38.0 Å². The molecule has 1 atom stereocenters. The number of amides is 1. The number of morpholine rings is 1. The quantitative estimate of drug-likeness (QED) is 0.132. The highest BCUT2D eigenvalue weighted by molar-refractivity contribution is 6.46. The average molecular weight is 535 g/mol. The van der Waals surface area contributed by atoms with E-state index in [1.807, 2.05) is 18.2 Å². The highest BCUT2D eigenvalue weighted by Gasteiger charge is 2.45. The highest BCUT2D eigenvalue weighted by atomic mass is 16.5. The average Bonchev–Trinajstić information content (AvgIpc) is 3.22. The Morgan fingerprint density at radius 3 is 2.54 bits per heavy atom. The molecule has 39 heavy (non-hydrogen) atoms. The molecule has 1 amide bonds. The number of carbonyl (C=O) groups is 2. The maximum atomic E-state index is 13.4. The number of benzene rings is 2. The first-order chi connectivity index (χ1) is 19.0. The minimum Gasteiger partial charge on any atom is -0.507 e. The second kappa shape index (κ2) is 14.0. The number of hydrogen-bond donors (Lipinski definition) is 1. The van der Waals surface area contributed by atoms with Crippen LogP contribution < -0.4 is 9.47 Å². The van der Waals surface area contributed by atoms with Crippen LogP contribution in [0.25, 0.3) is 5.76 Å². The molecule has 8 heteroatoms. The van der Waals surface area contributed by atoms with Crippen LogP contribution in [-0.4, -0.2) is 79.2 Å². The number of likely N-dealkylation sites (tertiary alicyclic amines) is 1. The topological polar surface area (TPSA) is 88.5 Å². The van der Waals surface area contributed by atoms with Crippen molar-refractivity contribution in [2.24, 2.45) is 0 Å². The van der Waals surface area contributed by atoms with Gasteiger partial charge in [0, 0.05) is 31.7 Å². The zero-order valence-electron chi connectivity index (χ0n) is 22.6. The Labute approximate surface area is 230 Å². The van der Waals surface area contributed by atoms with E-state index in [0.29, 0.717) is 56.5 Å². The Morgan fingerprint density at radius 1 is 1.05 bits per heavy atom. The molecule has 1 N–H and O–H groups in total. The highest BCUT2D eigenvalue weighted by Crippen LogP contribution is 2.40. The zero-order chi connectivity index (χ0) is 27.6. The van der Waals surface area contributed by atoms with Crippen LogP contribution in [0.3, 0.4) is 0 Å². The van der Waals surface area contributed by atoms with Crippen LogP contribution in [0.15, 0.2) is 66.8 Å². The molecule has 2 aliphatic heterocycles. The van der Waals surface area contributed by atoms with Gasteiger partial charge in [-0.25, -0.2) is 0 Å². The molecule has 2 heterocycles. The number of unbranched alkanes of at least 4 members (excludes halogenated alkanes) is 1. The van der Waals surface area contributed by atoms with Gasteiger partial charge in [-0.1, -0.05) is 50.3 Å². The van der Waals surface area contributed by atoms with Crippen molar-refractivity contribution in [3.8, 4) is 11.5 Å². The molecule has 0 bridgehead atoms. The molecular formula is C31H38N2O6. The number of carbonyl (C=O) groups excluding carboxylic acids is 2. The monoisotopic (exact) mass is 534 g/mol. The first kappa shape index (κ1) is 28.4. The van der Waals surface area contributed by atoms with Gasteiger partial charge in [0.15, 0.2) is 0 Å². The number of ketones is 1. The minimum absolute atomic E-state index is 0.0804. The molecule has 0 radical (unpaired) electrons. The smallest absolute Gasteiger partial charge is 0.295 e. The van der Waals surface area contributed by atoms with Gasteiger partial charge in [-0.2, -0.15) is 0 Å². The largest absolute Gasteiger partial charge is 0.507 e. The van der Waals surface area contributed by atoms with E-state index in [1.165, 1.54) is 0 Å². The maximum absolute atomic E-state index is 13.4. The van der Waals surface area contributed by atoms with Crippen molar-refractivity contribution in [1.82, 2.24) is 9.80 Å². The number of rotatable bonds is 13. The second-order valence-corrected chi connectivity index (χ2v) is 9.70. The summed E-state index contributed by atoms with van der Waals surface area (Å²) in [7, 11) is 0. The minimum atomic E-state index is -0.715. The summed E-state index contributed by atoms with van der Waals surface area (Å²) in [4.78, 5) is 30.6. The zero-order valence-corrected chi connectivity index (χ0v) is 22.6. The molecule has 8 nitrogen and oxygen atoms in total. The summed E-state index contributed by atoms with van der Waals surface area (Å²) in [5.41, 5.74) is 1.24. The van der Waals surface area contributed by atoms with E-state index in [4.69, 9.17) is 14.2 Å². The van der Waals surface area contributed by atoms with Gasteiger partial charge in [0.25, 0.3) is 11.7 Å². The van der Waals surface area contributed by atoms with E-state index >= 15 is 0 Å². The van der Waals surface area contributed by atoms with E-state index in [1.54, 1.807) is 41.3 Å². The fourth-order valence-corrected chi connectivity index (χ4v) is 4.87. The van der Waals surface area contributed by atoms with Crippen molar-refractivity contribution in [2.45, 2.75) is 32.2 Å². The third kappa shape index (κ3) is 7.07. The Bertz CT molecular complexity index is 1170. The summed E-state index contributed by atoms with van der Waals surface area (Å²) >= 11 is 0. The van der Waals surface area contributed by atoms with Gasteiger partial charge in [-0.3, -0.25) is 14.5 Å². The lowest BCUT2D eigenvalue weighted by Gasteiger charge is -2.29. The van der Waals surface area contributed by atoms with Crippen LogP contribution in [0.2, 0.25) is 0 Å². The maximum Gasteiger partial charge on any atom is 0.295 e. The molecule has 0 saturated carbocycles. The number of aliphatic hydroxyl groups excluding tert-OH is 1. The lowest BCUT2D eigenvalue weighted by molar-refractivity contribution is -0.140.